The van der Waals surface area contributed by atoms with E-state index in [0.29, 0.717) is 5.92 Å². The maximum absolute atomic E-state index is 12.3. The van der Waals surface area contributed by atoms with Crippen molar-refractivity contribution in [1.29, 1.82) is 0 Å². The average Bonchev–Trinajstić information content (AvgIpc) is 3.07. The summed E-state index contributed by atoms with van der Waals surface area (Å²) >= 11 is 1.67. The SMILES string of the molecule is CCCc1cnc(Nc2cc(C)nc(CC3CCN(C(=O)OC(C)(C)C)CC3)n2)s1. The minimum atomic E-state index is -0.457. The molecule has 0 unspecified atom stereocenters. The number of aryl methyl sites for hydroxylation is 2. The van der Waals surface area contributed by atoms with Gasteiger partial charge in [-0.3, -0.25) is 0 Å². The van der Waals surface area contributed by atoms with Crippen LogP contribution < -0.4 is 5.32 Å². The highest BCUT2D eigenvalue weighted by molar-refractivity contribution is 7.15. The molecule has 1 fully saturated rings. The number of hydrogen-bond acceptors (Lipinski definition) is 7. The Morgan fingerprint density at radius 2 is 2.03 bits per heavy atom. The lowest BCUT2D eigenvalue weighted by atomic mass is 9.93. The van der Waals surface area contributed by atoms with Crippen molar-refractivity contribution < 1.29 is 9.53 Å². The van der Waals surface area contributed by atoms with Crippen molar-refractivity contribution in [2.24, 2.45) is 5.92 Å². The lowest BCUT2D eigenvalue weighted by Gasteiger charge is -2.33. The molecule has 0 spiro atoms. The first-order chi connectivity index (χ1) is 14.2. The standard InChI is InChI=1S/C22H33N5O2S/c1-6-7-17-14-23-20(30-17)26-18-12-15(2)24-19(25-18)13-16-8-10-27(11-9-16)21(28)29-22(3,4)5/h12,14,16H,6-11,13H2,1-5H3,(H,23,24,25,26). The molecule has 2 aromatic heterocycles. The third-order valence-corrected chi connectivity index (χ3v) is 5.90. The number of nitrogens with zero attached hydrogens (tertiary/aromatic N) is 4. The lowest BCUT2D eigenvalue weighted by molar-refractivity contribution is 0.0184. The van der Waals surface area contributed by atoms with E-state index in [9.17, 15) is 4.79 Å². The van der Waals surface area contributed by atoms with Crippen LogP contribution >= 0.6 is 11.3 Å². The predicted molar refractivity (Wildman–Crippen MR) is 120 cm³/mol. The van der Waals surface area contributed by atoms with Gasteiger partial charge in [0, 0.05) is 42.3 Å². The van der Waals surface area contributed by atoms with E-state index in [1.54, 1.807) is 11.3 Å². The van der Waals surface area contributed by atoms with Crippen molar-refractivity contribution in [3.63, 3.8) is 0 Å². The third-order valence-electron chi connectivity index (χ3n) is 4.92. The van der Waals surface area contributed by atoms with Crippen LogP contribution in [0, 0.1) is 12.8 Å². The Bertz CT molecular complexity index is 853. The highest BCUT2D eigenvalue weighted by Crippen LogP contribution is 2.25. The number of thiazole rings is 1. The maximum Gasteiger partial charge on any atom is 0.410 e. The monoisotopic (exact) mass is 431 g/mol. The van der Waals surface area contributed by atoms with Gasteiger partial charge in [-0.15, -0.1) is 11.3 Å². The number of anilines is 2. The Balaban J connectivity index is 1.56. The predicted octanol–water partition coefficient (Wildman–Crippen LogP) is 5.13. The molecule has 1 aliphatic rings. The highest BCUT2D eigenvalue weighted by Gasteiger charge is 2.27. The summed E-state index contributed by atoms with van der Waals surface area (Å²) in [5, 5.41) is 4.20. The smallest absolute Gasteiger partial charge is 0.410 e. The number of nitrogens with one attached hydrogen (secondary N) is 1. The van der Waals surface area contributed by atoms with Gasteiger partial charge in [0.1, 0.15) is 17.2 Å². The number of hydrogen-bond donors (Lipinski definition) is 1. The second kappa shape index (κ2) is 9.73. The van der Waals surface area contributed by atoms with Crippen molar-refractivity contribution >= 4 is 28.4 Å². The van der Waals surface area contributed by atoms with Gasteiger partial charge in [0.15, 0.2) is 5.13 Å². The zero-order chi connectivity index (χ0) is 21.7. The van der Waals surface area contributed by atoms with Gasteiger partial charge in [-0.25, -0.2) is 19.7 Å². The molecule has 0 aromatic carbocycles. The summed E-state index contributed by atoms with van der Waals surface area (Å²) in [5.41, 5.74) is 0.487. The van der Waals surface area contributed by atoms with Crippen LogP contribution in [0.25, 0.3) is 0 Å². The number of likely N-dealkylation sites (tertiary alicyclic amines) is 1. The van der Waals surface area contributed by atoms with Crippen molar-refractivity contribution in [3.05, 3.63) is 28.7 Å². The summed E-state index contributed by atoms with van der Waals surface area (Å²) in [4.78, 5) is 29.1. The average molecular weight is 432 g/mol. The molecule has 164 valence electrons. The largest absolute Gasteiger partial charge is 0.444 e. The second-order valence-electron chi connectivity index (χ2n) is 8.93. The molecule has 1 aliphatic heterocycles. The van der Waals surface area contributed by atoms with E-state index >= 15 is 0 Å². The molecule has 0 aliphatic carbocycles. The number of carbonyl (C=O) groups is 1. The van der Waals surface area contributed by atoms with Gasteiger partial charge >= 0.3 is 6.09 Å². The summed E-state index contributed by atoms with van der Waals surface area (Å²) in [6, 6.07) is 1.95. The van der Waals surface area contributed by atoms with Crippen LogP contribution in [0.5, 0.6) is 0 Å². The first kappa shape index (κ1) is 22.5. The molecule has 1 saturated heterocycles. The van der Waals surface area contributed by atoms with Gasteiger partial charge in [0.05, 0.1) is 0 Å². The molecule has 8 heteroatoms. The van der Waals surface area contributed by atoms with Gasteiger partial charge in [0.2, 0.25) is 0 Å². The third kappa shape index (κ3) is 6.65. The van der Waals surface area contributed by atoms with Crippen LogP contribution in [0.2, 0.25) is 0 Å². The van der Waals surface area contributed by atoms with E-state index in [1.807, 2.05) is 44.9 Å². The summed E-state index contributed by atoms with van der Waals surface area (Å²) in [7, 11) is 0. The van der Waals surface area contributed by atoms with E-state index < -0.39 is 5.60 Å². The van der Waals surface area contributed by atoms with Crippen LogP contribution in [0.1, 0.15) is 63.4 Å². The fraction of sp³-hybridized carbons (Fsp3) is 0.636. The molecule has 3 heterocycles. The van der Waals surface area contributed by atoms with Crippen LogP contribution in [-0.4, -0.2) is 44.6 Å². The van der Waals surface area contributed by atoms with Crippen LogP contribution in [-0.2, 0) is 17.6 Å². The Labute approximate surface area is 183 Å². The number of ether oxygens (including phenoxy) is 1. The number of aromatic nitrogens is 3. The van der Waals surface area contributed by atoms with Crippen LogP contribution in [0.3, 0.4) is 0 Å². The van der Waals surface area contributed by atoms with E-state index in [-0.39, 0.29) is 6.09 Å². The highest BCUT2D eigenvalue weighted by atomic mass is 32.1. The Hall–Kier alpha value is -2.22. The van der Waals surface area contributed by atoms with Crippen LogP contribution in [0.4, 0.5) is 15.7 Å². The molecule has 0 atom stereocenters. The van der Waals surface area contributed by atoms with Gasteiger partial charge in [0.25, 0.3) is 0 Å². The molecule has 0 radical (unpaired) electrons. The van der Waals surface area contributed by atoms with Gasteiger partial charge in [-0.2, -0.15) is 0 Å². The topological polar surface area (TPSA) is 80.2 Å². The van der Waals surface area contributed by atoms with Crippen molar-refractivity contribution in [3.8, 4) is 0 Å². The molecule has 30 heavy (non-hydrogen) atoms. The summed E-state index contributed by atoms with van der Waals surface area (Å²) in [6.45, 7) is 11.3. The summed E-state index contributed by atoms with van der Waals surface area (Å²) in [5.74, 6) is 2.11. The minimum Gasteiger partial charge on any atom is -0.444 e. The first-order valence-electron chi connectivity index (χ1n) is 10.8. The number of carbonyl (C=O) groups excluding carboxylic acids is 1. The molecule has 1 N–H and O–H groups in total. The molecular weight excluding hydrogens is 398 g/mol. The summed E-state index contributed by atoms with van der Waals surface area (Å²) < 4.78 is 5.48. The van der Waals surface area contributed by atoms with E-state index in [1.165, 1.54) is 4.88 Å². The zero-order valence-corrected chi connectivity index (χ0v) is 19.5. The molecule has 0 bridgehead atoms. The number of amides is 1. The maximum atomic E-state index is 12.3. The Kier molecular flexibility index (Phi) is 7.28. The fourth-order valence-electron chi connectivity index (χ4n) is 3.53. The normalized spacial score (nSPS) is 15.3. The lowest BCUT2D eigenvalue weighted by Crippen LogP contribution is -2.42. The van der Waals surface area contributed by atoms with Gasteiger partial charge in [-0.1, -0.05) is 13.3 Å². The van der Waals surface area contributed by atoms with Gasteiger partial charge < -0.3 is 15.0 Å². The molecule has 3 rings (SSSR count). The Morgan fingerprint density at radius 1 is 1.30 bits per heavy atom. The van der Waals surface area contributed by atoms with Crippen molar-refractivity contribution in [2.75, 3.05) is 18.4 Å². The van der Waals surface area contributed by atoms with Crippen molar-refractivity contribution in [1.82, 2.24) is 19.9 Å². The summed E-state index contributed by atoms with van der Waals surface area (Å²) in [6.07, 6.45) is 6.57. The molecular formula is C22H33N5O2S. The molecule has 1 amide bonds. The van der Waals surface area contributed by atoms with E-state index in [2.05, 4.69) is 22.2 Å². The zero-order valence-electron chi connectivity index (χ0n) is 18.7. The molecule has 0 saturated carbocycles. The van der Waals surface area contributed by atoms with Crippen molar-refractivity contribution in [2.45, 2.75) is 72.3 Å². The fourth-order valence-corrected chi connectivity index (χ4v) is 4.45. The first-order valence-corrected chi connectivity index (χ1v) is 11.6. The second-order valence-corrected chi connectivity index (χ2v) is 10.0. The van der Waals surface area contributed by atoms with Gasteiger partial charge in [-0.05, 0) is 52.9 Å². The minimum absolute atomic E-state index is 0.217. The number of piperidine rings is 1. The van der Waals surface area contributed by atoms with E-state index in [0.717, 1.165) is 67.7 Å². The number of rotatable bonds is 6. The quantitative estimate of drug-likeness (QED) is 0.683. The molecule has 2 aromatic rings. The Morgan fingerprint density at radius 3 is 2.70 bits per heavy atom. The molecule has 7 nitrogen and oxygen atoms in total. The van der Waals surface area contributed by atoms with Crippen LogP contribution in [0.15, 0.2) is 12.3 Å². The van der Waals surface area contributed by atoms with E-state index in [4.69, 9.17) is 9.72 Å².